The summed E-state index contributed by atoms with van der Waals surface area (Å²) < 4.78 is 0. The van der Waals surface area contributed by atoms with E-state index in [1.54, 1.807) is 0 Å². The van der Waals surface area contributed by atoms with E-state index in [2.05, 4.69) is 0 Å². The molecule has 3 nitrogen and oxygen atoms in total. The summed E-state index contributed by atoms with van der Waals surface area (Å²) in [7, 11) is 2.00. The molecule has 1 rings (SSSR count). The number of hydrogen-bond donors (Lipinski definition) is 2. The van der Waals surface area contributed by atoms with E-state index in [4.69, 9.17) is 10.2 Å². The van der Waals surface area contributed by atoms with Crippen molar-refractivity contribution in [3.8, 4) is 0 Å². The molecular weight excluding hydrogens is 168 g/mol. The van der Waals surface area contributed by atoms with Gasteiger partial charge in [0, 0.05) is 20.6 Å². The zero-order chi connectivity index (χ0) is 10.5. The number of benzene rings is 1. The number of carbonyl (C=O) groups excluding carboxylic acids is 1. The highest BCUT2D eigenvalue weighted by Gasteiger charge is 1.84. The maximum absolute atomic E-state index is 9.97. The molecule has 0 amide bonds. The van der Waals surface area contributed by atoms with Crippen LogP contribution in [0.3, 0.4) is 0 Å². The minimum atomic E-state index is 0.529. The molecule has 13 heavy (non-hydrogen) atoms. The molecular formula is C10H16O3. The Morgan fingerprint density at radius 2 is 1.54 bits per heavy atom. The third kappa shape index (κ3) is 8.72. The Kier molecular flexibility index (Phi) is 14.8. The van der Waals surface area contributed by atoms with Crippen molar-refractivity contribution < 1.29 is 15.0 Å². The lowest BCUT2D eigenvalue weighted by molar-refractivity contribution is -0.107. The van der Waals surface area contributed by atoms with Gasteiger partial charge in [-0.3, -0.25) is 0 Å². The van der Waals surface area contributed by atoms with E-state index in [0.717, 1.165) is 26.1 Å². The lowest BCUT2D eigenvalue weighted by Crippen LogP contribution is -1.82. The Bertz CT molecular complexity index is 185. The van der Waals surface area contributed by atoms with Gasteiger partial charge in [0.1, 0.15) is 6.29 Å². The summed E-state index contributed by atoms with van der Waals surface area (Å²) in [5.41, 5.74) is 1.08. The number of hydrogen-bond acceptors (Lipinski definition) is 3. The molecule has 0 aliphatic carbocycles. The Hall–Kier alpha value is -1.19. The first-order valence-electron chi connectivity index (χ1n) is 3.80. The molecule has 1 aromatic rings. The van der Waals surface area contributed by atoms with Crippen molar-refractivity contribution in [1.82, 2.24) is 0 Å². The molecule has 0 saturated heterocycles. The standard InChI is InChI=1S/C8H8O.2CH4O/c9-7-6-8-4-2-1-3-5-8;2*1-2/h1-5,7H,6H2;2*2H,1H3. The van der Waals surface area contributed by atoms with Gasteiger partial charge in [0.15, 0.2) is 0 Å². The van der Waals surface area contributed by atoms with Crippen LogP contribution in [0.5, 0.6) is 0 Å². The second kappa shape index (κ2) is 13.4. The van der Waals surface area contributed by atoms with E-state index in [-0.39, 0.29) is 0 Å². The smallest absolute Gasteiger partial charge is 0.124 e. The maximum Gasteiger partial charge on any atom is 0.124 e. The van der Waals surface area contributed by atoms with Crippen LogP contribution in [0.25, 0.3) is 0 Å². The molecule has 0 atom stereocenters. The number of aliphatic hydroxyl groups excluding tert-OH is 2. The first-order chi connectivity index (χ1) is 6.43. The predicted molar refractivity (Wildman–Crippen MR) is 52.5 cm³/mol. The zero-order valence-electron chi connectivity index (χ0n) is 7.97. The van der Waals surface area contributed by atoms with E-state index in [1.165, 1.54) is 0 Å². The molecule has 0 heterocycles. The lowest BCUT2D eigenvalue weighted by atomic mass is 10.2. The van der Waals surface area contributed by atoms with Crippen LogP contribution < -0.4 is 0 Å². The van der Waals surface area contributed by atoms with Gasteiger partial charge in [-0.2, -0.15) is 0 Å². The number of aliphatic hydroxyl groups is 2. The molecule has 0 unspecified atom stereocenters. The van der Waals surface area contributed by atoms with Crippen LogP contribution in [0, 0.1) is 0 Å². The molecule has 0 aliphatic rings. The van der Waals surface area contributed by atoms with Gasteiger partial charge in [-0.15, -0.1) is 0 Å². The summed E-state index contributed by atoms with van der Waals surface area (Å²) in [6.07, 6.45) is 1.44. The third-order valence-corrected chi connectivity index (χ3v) is 1.16. The molecule has 1 aromatic carbocycles. The summed E-state index contributed by atoms with van der Waals surface area (Å²) in [6, 6.07) is 9.68. The van der Waals surface area contributed by atoms with Gasteiger partial charge < -0.3 is 15.0 Å². The summed E-state index contributed by atoms with van der Waals surface area (Å²) in [5.74, 6) is 0. The van der Waals surface area contributed by atoms with E-state index < -0.39 is 0 Å². The first-order valence-corrected chi connectivity index (χ1v) is 3.80. The molecule has 0 aromatic heterocycles. The van der Waals surface area contributed by atoms with Crippen LogP contribution in [0.2, 0.25) is 0 Å². The average Bonchev–Trinajstić information content (AvgIpc) is 2.26. The van der Waals surface area contributed by atoms with Crippen LogP contribution in [0.1, 0.15) is 5.56 Å². The third-order valence-electron chi connectivity index (χ3n) is 1.16. The minimum absolute atomic E-state index is 0.529. The molecule has 3 heteroatoms. The highest BCUT2D eigenvalue weighted by Crippen LogP contribution is 1.96. The maximum atomic E-state index is 9.97. The predicted octanol–water partition coefficient (Wildman–Crippen LogP) is 0.645. The Balaban J connectivity index is 0. The van der Waals surface area contributed by atoms with Gasteiger partial charge >= 0.3 is 0 Å². The van der Waals surface area contributed by atoms with E-state index >= 15 is 0 Å². The first kappa shape index (κ1) is 14.3. The van der Waals surface area contributed by atoms with Crippen molar-refractivity contribution in [2.75, 3.05) is 14.2 Å². The number of aldehydes is 1. The summed E-state index contributed by atoms with van der Waals surface area (Å²) in [4.78, 5) is 9.97. The van der Waals surface area contributed by atoms with Gasteiger partial charge in [-0.05, 0) is 5.56 Å². The molecule has 0 saturated carbocycles. The Labute approximate surface area is 78.7 Å². The van der Waals surface area contributed by atoms with Gasteiger partial charge in [-0.1, -0.05) is 30.3 Å². The molecule has 0 spiro atoms. The van der Waals surface area contributed by atoms with Gasteiger partial charge in [0.2, 0.25) is 0 Å². The summed E-state index contributed by atoms with van der Waals surface area (Å²) >= 11 is 0. The van der Waals surface area contributed by atoms with Crippen molar-refractivity contribution in [1.29, 1.82) is 0 Å². The Morgan fingerprint density at radius 3 is 1.92 bits per heavy atom. The topological polar surface area (TPSA) is 57.5 Å². The molecule has 0 radical (unpaired) electrons. The normalized spacial score (nSPS) is 7.08. The molecule has 0 aliphatic heterocycles. The molecule has 0 fully saturated rings. The van der Waals surface area contributed by atoms with Crippen molar-refractivity contribution in [3.05, 3.63) is 35.9 Å². The van der Waals surface area contributed by atoms with Gasteiger partial charge in [0.25, 0.3) is 0 Å². The second-order valence-electron chi connectivity index (χ2n) is 1.86. The van der Waals surface area contributed by atoms with Crippen molar-refractivity contribution in [3.63, 3.8) is 0 Å². The average molecular weight is 184 g/mol. The zero-order valence-corrected chi connectivity index (χ0v) is 7.97. The summed E-state index contributed by atoms with van der Waals surface area (Å²) in [5, 5.41) is 14.0. The van der Waals surface area contributed by atoms with Crippen molar-refractivity contribution in [2.45, 2.75) is 6.42 Å². The van der Waals surface area contributed by atoms with Crippen molar-refractivity contribution in [2.24, 2.45) is 0 Å². The fraction of sp³-hybridized carbons (Fsp3) is 0.300. The fourth-order valence-corrected chi connectivity index (χ4v) is 0.710. The van der Waals surface area contributed by atoms with Crippen LogP contribution in [0.4, 0.5) is 0 Å². The van der Waals surface area contributed by atoms with E-state index in [9.17, 15) is 4.79 Å². The second-order valence-corrected chi connectivity index (χ2v) is 1.86. The Morgan fingerprint density at radius 1 is 1.08 bits per heavy atom. The van der Waals surface area contributed by atoms with E-state index in [1.807, 2.05) is 30.3 Å². The monoisotopic (exact) mass is 184 g/mol. The lowest BCUT2D eigenvalue weighted by Gasteiger charge is -1.89. The highest BCUT2D eigenvalue weighted by atomic mass is 16.2. The van der Waals surface area contributed by atoms with Gasteiger partial charge in [0.05, 0.1) is 0 Å². The van der Waals surface area contributed by atoms with E-state index in [0.29, 0.717) is 6.42 Å². The molecule has 2 N–H and O–H groups in total. The highest BCUT2D eigenvalue weighted by molar-refractivity contribution is 5.54. The van der Waals surface area contributed by atoms with Crippen LogP contribution >= 0.6 is 0 Å². The fourth-order valence-electron chi connectivity index (χ4n) is 0.710. The quantitative estimate of drug-likeness (QED) is 0.663. The van der Waals surface area contributed by atoms with Crippen LogP contribution in [-0.4, -0.2) is 30.7 Å². The largest absolute Gasteiger partial charge is 0.400 e. The molecule has 74 valence electrons. The van der Waals surface area contributed by atoms with Crippen LogP contribution in [0.15, 0.2) is 30.3 Å². The van der Waals surface area contributed by atoms with Gasteiger partial charge in [-0.25, -0.2) is 0 Å². The minimum Gasteiger partial charge on any atom is -0.400 e. The summed E-state index contributed by atoms with van der Waals surface area (Å²) in [6.45, 7) is 0. The number of carbonyl (C=O) groups is 1. The van der Waals surface area contributed by atoms with Crippen molar-refractivity contribution >= 4 is 6.29 Å². The molecule has 0 bridgehead atoms. The number of rotatable bonds is 2. The van der Waals surface area contributed by atoms with Crippen LogP contribution in [-0.2, 0) is 11.2 Å². The SMILES string of the molecule is CO.CO.O=CCc1ccccc1.